The van der Waals surface area contributed by atoms with Crippen molar-refractivity contribution in [2.45, 2.75) is 25.6 Å². The number of amides is 2. The summed E-state index contributed by atoms with van der Waals surface area (Å²) >= 11 is 7.58. The molecule has 3 aromatic rings. The molecular weight excluding hydrogens is 422 g/mol. The molecule has 0 radical (unpaired) electrons. The molecule has 3 rings (SSSR count). The normalized spacial score (nSPS) is 10.8. The fourth-order valence-electron chi connectivity index (χ4n) is 2.63. The zero-order chi connectivity index (χ0) is 21.5. The molecule has 0 aliphatic carbocycles. The van der Waals surface area contributed by atoms with E-state index in [1.165, 1.54) is 11.8 Å². The predicted molar refractivity (Wildman–Crippen MR) is 121 cm³/mol. The number of nitrogens with zero attached hydrogens (tertiary/aromatic N) is 1. The van der Waals surface area contributed by atoms with Gasteiger partial charge < -0.3 is 15.1 Å². The second kappa shape index (κ2) is 10.3. The summed E-state index contributed by atoms with van der Waals surface area (Å²) in [4.78, 5) is 28.9. The van der Waals surface area contributed by atoms with Crippen molar-refractivity contribution in [2.24, 2.45) is 0 Å². The molecule has 0 unspecified atom stereocenters. The van der Waals surface area contributed by atoms with Crippen molar-refractivity contribution in [1.29, 1.82) is 0 Å². The molecule has 0 saturated carbocycles. The fraction of sp³-hybridized carbons (Fsp3) is 0.227. The Morgan fingerprint density at radius 2 is 1.93 bits per heavy atom. The van der Waals surface area contributed by atoms with Gasteiger partial charge in [0.25, 0.3) is 5.91 Å². The quantitative estimate of drug-likeness (QED) is 0.511. The van der Waals surface area contributed by atoms with Crippen LogP contribution in [-0.2, 0) is 10.5 Å². The van der Waals surface area contributed by atoms with Crippen molar-refractivity contribution in [2.75, 3.05) is 11.1 Å². The highest BCUT2D eigenvalue weighted by atomic mass is 35.5. The highest BCUT2D eigenvalue weighted by Gasteiger charge is 2.13. The summed E-state index contributed by atoms with van der Waals surface area (Å²) in [7, 11) is 0. The van der Waals surface area contributed by atoms with Crippen LogP contribution in [0.25, 0.3) is 11.5 Å². The average Bonchev–Trinajstić information content (AvgIpc) is 3.19. The maximum atomic E-state index is 12.3. The maximum Gasteiger partial charge on any atom is 0.251 e. The summed E-state index contributed by atoms with van der Waals surface area (Å²) in [5.74, 6) is 0.876. The van der Waals surface area contributed by atoms with Crippen LogP contribution in [-0.4, -0.2) is 28.6 Å². The smallest absolute Gasteiger partial charge is 0.251 e. The minimum absolute atomic E-state index is 0.0153. The van der Waals surface area contributed by atoms with E-state index in [1.807, 2.05) is 44.2 Å². The molecule has 2 amide bonds. The van der Waals surface area contributed by atoms with E-state index < -0.39 is 0 Å². The molecular formula is C22H22ClN3O3S. The molecule has 0 saturated heterocycles. The Hall–Kier alpha value is -2.77. The first-order valence-electron chi connectivity index (χ1n) is 9.40. The molecule has 1 heterocycles. The number of rotatable bonds is 8. The standard InChI is InChI=1S/C22H22ClN3O3S/c1-14(2)24-21(28)16-8-9-18(23)19(10-16)26-20(27)13-30-12-17-11-29-22(25-17)15-6-4-3-5-7-15/h3-11,14H,12-13H2,1-2H3,(H,24,28)(H,26,27). The Balaban J connectivity index is 1.53. The highest BCUT2D eigenvalue weighted by molar-refractivity contribution is 7.99. The van der Waals surface area contributed by atoms with Gasteiger partial charge in [-0.05, 0) is 44.2 Å². The monoisotopic (exact) mass is 443 g/mol. The highest BCUT2D eigenvalue weighted by Crippen LogP contribution is 2.24. The van der Waals surface area contributed by atoms with E-state index >= 15 is 0 Å². The van der Waals surface area contributed by atoms with E-state index in [9.17, 15) is 9.59 Å². The number of oxazole rings is 1. The third-order valence-electron chi connectivity index (χ3n) is 3.98. The Morgan fingerprint density at radius 3 is 2.67 bits per heavy atom. The topological polar surface area (TPSA) is 84.2 Å². The van der Waals surface area contributed by atoms with Crippen LogP contribution < -0.4 is 10.6 Å². The molecule has 0 bridgehead atoms. The second-order valence-corrected chi connectivity index (χ2v) is 8.27. The van der Waals surface area contributed by atoms with Crippen LogP contribution in [0.1, 0.15) is 29.9 Å². The van der Waals surface area contributed by atoms with E-state index in [-0.39, 0.29) is 23.6 Å². The predicted octanol–water partition coefficient (Wildman–Crippen LogP) is 5.01. The Labute approximate surface area is 184 Å². The molecule has 6 nitrogen and oxygen atoms in total. The maximum absolute atomic E-state index is 12.3. The number of carbonyl (C=O) groups is 2. The lowest BCUT2D eigenvalue weighted by Crippen LogP contribution is -2.30. The number of nitrogens with one attached hydrogen (secondary N) is 2. The average molecular weight is 444 g/mol. The van der Waals surface area contributed by atoms with Gasteiger partial charge in [-0.2, -0.15) is 0 Å². The summed E-state index contributed by atoms with van der Waals surface area (Å²) < 4.78 is 5.50. The molecule has 156 valence electrons. The van der Waals surface area contributed by atoms with Crippen molar-refractivity contribution in [3.05, 3.63) is 71.1 Å². The summed E-state index contributed by atoms with van der Waals surface area (Å²) in [5, 5.41) is 5.94. The fourth-order valence-corrected chi connectivity index (χ4v) is 3.50. The van der Waals surface area contributed by atoms with Crippen LogP contribution in [0.3, 0.4) is 0 Å². The minimum Gasteiger partial charge on any atom is -0.444 e. The van der Waals surface area contributed by atoms with E-state index in [4.69, 9.17) is 16.0 Å². The van der Waals surface area contributed by atoms with Gasteiger partial charge in [0.05, 0.1) is 22.2 Å². The van der Waals surface area contributed by atoms with Crippen molar-refractivity contribution >= 4 is 40.9 Å². The lowest BCUT2D eigenvalue weighted by atomic mass is 10.1. The number of hydrogen-bond acceptors (Lipinski definition) is 5. The Bertz CT molecular complexity index is 1020. The lowest BCUT2D eigenvalue weighted by molar-refractivity contribution is -0.113. The van der Waals surface area contributed by atoms with Gasteiger partial charge in [-0.15, -0.1) is 11.8 Å². The molecule has 2 N–H and O–H groups in total. The van der Waals surface area contributed by atoms with Crippen LogP contribution in [0.2, 0.25) is 5.02 Å². The zero-order valence-corrected chi connectivity index (χ0v) is 18.2. The minimum atomic E-state index is -0.216. The molecule has 0 fully saturated rings. The van der Waals surface area contributed by atoms with E-state index in [0.717, 1.165) is 11.3 Å². The largest absolute Gasteiger partial charge is 0.444 e. The van der Waals surface area contributed by atoms with Gasteiger partial charge in [0.15, 0.2) is 0 Å². The number of halogens is 1. The van der Waals surface area contributed by atoms with Gasteiger partial charge in [0.1, 0.15) is 6.26 Å². The molecule has 0 atom stereocenters. The van der Waals surface area contributed by atoms with Crippen LogP contribution >= 0.6 is 23.4 Å². The van der Waals surface area contributed by atoms with Crippen molar-refractivity contribution in [3.63, 3.8) is 0 Å². The van der Waals surface area contributed by atoms with Gasteiger partial charge in [0.2, 0.25) is 11.8 Å². The lowest BCUT2D eigenvalue weighted by Gasteiger charge is -2.11. The third-order valence-corrected chi connectivity index (χ3v) is 5.27. The summed E-state index contributed by atoms with van der Waals surface area (Å²) in [6.07, 6.45) is 1.60. The van der Waals surface area contributed by atoms with Gasteiger partial charge in [0, 0.05) is 22.9 Å². The van der Waals surface area contributed by atoms with E-state index in [1.54, 1.807) is 24.5 Å². The molecule has 0 aliphatic rings. The van der Waals surface area contributed by atoms with Crippen LogP contribution in [0.4, 0.5) is 5.69 Å². The number of carbonyl (C=O) groups excluding carboxylic acids is 2. The molecule has 2 aromatic carbocycles. The Kier molecular flexibility index (Phi) is 7.54. The van der Waals surface area contributed by atoms with Crippen molar-refractivity contribution < 1.29 is 14.0 Å². The molecule has 0 aliphatic heterocycles. The SMILES string of the molecule is CC(C)NC(=O)c1ccc(Cl)c(NC(=O)CSCc2coc(-c3ccccc3)n2)c1. The summed E-state index contributed by atoms with van der Waals surface area (Å²) in [6.45, 7) is 3.76. The third kappa shape index (κ3) is 6.11. The van der Waals surface area contributed by atoms with E-state index in [2.05, 4.69) is 15.6 Å². The molecule has 8 heteroatoms. The van der Waals surface area contributed by atoms with Crippen molar-refractivity contribution in [3.8, 4) is 11.5 Å². The first-order valence-corrected chi connectivity index (χ1v) is 10.9. The molecule has 0 spiro atoms. The molecule has 1 aromatic heterocycles. The van der Waals surface area contributed by atoms with Gasteiger partial charge in [-0.1, -0.05) is 29.8 Å². The number of thioether (sulfide) groups is 1. The van der Waals surface area contributed by atoms with Gasteiger partial charge in [-0.25, -0.2) is 4.98 Å². The first kappa shape index (κ1) is 21.9. The summed E-state index contributed by atoms with van der Waals surface area (Å²) in [5.41, 5.74) is 2.51. The number of benzene rings is 2. The zero-order valence-electron chi connectivity index (χ0n) is 16.6. The first-order chi connectivity index (χ1) is 14.4. The van der Waals surface area contributed by atoms with Crippen LogP contribution in [0.15, 0.2) is 59.2 Å². The number of hydrogen-bond donors (Lipinski definition) is 2. The van der Waals surface area contributed by atoms with Crippen LogP contribution in [0.5, 0.6) is 0 Å². The van der Waals surface area contributed by atoms with E-state index in [0.29, 0.717) is 27.9 Å². The number of anilines is 1. The Morgan fingerprint density at radius 1 is 1.17 bits per heavy atom. The van der Waals surface area contributed by atoms with Gasteiger partial charge in [-0.3, -0.25) is 9.59 Å². The second-order valence-electron chi connectivity index (χ2n) is 6.87. The van der Waals surface area contributed by atoms with Crippen molar-refractivity contribution in [1.82, 2.24) is 10.3 Å². The van der Waals surface area contributed by atoms with Gasteiger partial charge >= 0.3 is 0 Å². The number of aromatic nitrogens is 1. The molecule has 30 heavy (non-hydrogen) atoms. The summed E-state index contributed by atoms with van der Waals surface area (Å²) in [6, 6.07) is 14.4. The van der Waals surface area contributed by atoms with Crippen LogP contribution in [0, 0.1) is 0 Å².